The van der Waals surface area contributed by atoms with Gasteiger partial charge in [0.25, 0.3) is 0 Å². The molecule has 4 aromatic rings. The highest BCUT2D eigenvalue weighted by molar-refractivity contribution is 7.99. The van der Waals surface area contributed by atoms with E-state index >= 15 is 0 Å². The maximum Gasteiger partial charge on any atom is 0.161 e. The van der Waals surface area contributed by atoms with E-state index in [4.69, 9.17) is 25.7 Å². The van der Waals surface area contributed by atoms with Gasteiger partial charge in [-0.15, -0.1) is 11.8 Å². The first-order valence-corrected chi connectivity index (χ1v) is 16.3. The van der Waals surface area contributed by atoms with Crippen LogP contribution in [0.4, 0.5) is 0 Å². The number of allylic oxidation sites excluding steroid dienone is 4. The topological polar surface area (TPSA) is 57.8 Å². The molecule has 0 amide bonds. The zero-order valence-electron chi connectivity index (χ0n) is 35.3. The van der Waals surface area contributed by atoms with E-state index in [1.54, 1.807) is 11.8 Å². The van der Waals surface area contributed by atoms with Crippen molar-refractivity contribution in [1.29, 1.82) is 5.41 Å². The molecule has 0 unspecified atom stereocenters. The van der Waals surface area contributed by atoms with E-state index in [1.165, 1.54) is 6.21 Å². The molecule has 238 valence electrons. The van der Waals surface area contributed by atoms with Gasteiger partial charge in [0.1, 0.15) is 12.4 Å². The van der Waals surface area contributed by atoms with E-state index in [0.29, 0.717) is 23.3 Å². The Bertz CT molecular complexity index is 2420. The number of rotatable bonds is 5. The average Bonchev–Trinajstić information content (AvgIpc) is 3.37. The van der Waals surface area contributed by atoms with Crippen molar-refractivity contribution in [2.45, 2.75) is 31.5 Å². The van der Waals surface area contributed by atoms with Crippen LogP contribution in [0.25, 0.3) is 5.57 Å². The maximum atomic E-state index is 9.61. The predicted octanol–water partition coefficient (Wildman–Crippen LogP) is 10.3. The molecule has 4 nitrogen and oxygen atoms in total. The van der Waals surface area contributed by atoms with E-state index in [1.807, 2.05) is 91.0 Å². The summed E-state index contributed by atoms with van der Waals surface area (Å²) in [5.41, 5.74) is 4.02. The minimum atomic E-state index is -0.556. The second-order valence-corrected chi connectivity index (χ2v) is 11.9. The van der Waals surface area contributed by atoms with E-state index in [9.17, 15) is 6.78 Å². The fourth-order valence-electron chi connectivity index (χ4n) is 5.17. The summed E-state index contributed by atoms with van der Waals surface area (Å²) in [6.45, 7) is -1.60. The minimum absolute atomic E-state index is 0.0108. The Labute approximate surface area is 300 Å². The van der Waals surface area contributed by atoms with Gasteiger partial charge in [-0.25, -0.2) is 9.98 Å². The van der Waals surface area contributed by atoms with Gasteiger partial charge in [-0.2, -0.15) is 0 Å². The zero-order chi connectivity index (χ0) is 40.6. The van der Waals surface area contributed by atoms with Gasteiger partial charge in [0.15, 0.2) is 11.7 Å². The second-order valence-electron chi connectivity index (χ2n) is 10.8. The van der Waals surface area contributed by atoms with Crippen molar-refractivity contribution in [1.82, 2.24) is 0 Å². The second kappa shape index (κ2) is 16.0. The molecule has 0 fully saturated rings. The molecule has 2 aliphatic heterocycles. The molecular weight excluding hydrogens is 607 g/mol. The van der Waals surface area contributed by atoms with Crippen molar-refractivity contribution >= 4 is 35.2 Å². The molecule has 0 saturated carbocycles. The largest absolute Gasteiger partial charge is 0.489 e. The molecule has 0 bridgehead atoms. The zero-order valence-corrected chi connectivity index (χ0v) is 27.1. The predicted molar refractivity (Wildman–Crippen MR) is 204 cm³/mol. The highest BCUT2D eigenvalue weighted by Gasteiger charge is 2.19. The lowest BCUT2D eigenvalue weighted by Crippen LogP contribution is -2.12. The molecule has 0 aliphatic carbocycles. The molecule has 4 aromatic carbocycles. The number of benzene rings is 4. The van der Waals surface area contributed by atoms with Crippen molar-refractivity contribution < 1.29 is 17.1 Å². The van der Waals surface area contributed by atoms with Gasteiger partial charge >= 0.3 is 0 Å². The minimum Gasteiger partial charge on any atom is -0.489 e. The monoisotopic (exact) mass is 654 g/mol. The van der Waals surface area contributed by atoms with Gasteiger partial charge in [0.05, 0.1) is 9.60 Å². The van der Waals surface area contributed by atoms with E-state index in [0.717, 1.165) is 21.6 Å². The number of fused-ring (bicyclic) bond motifs is 2. The van der Waals surface area contributed by atoms with Gasteiger partial charge in [0.2, 0.25) is 0 Å². The highest BCUT2D eigenvalue weighted by atomic mass is 32.2. The number of nitrogens with one attached hydrogen (secondary N) is 1. The van der Waals surface area contributed by atoms with Crippen LogP contribution in [0.1, 0.15) is 48.4 Å². The third-order valence-corrected chi connectivity index (χ3v) is 8.69. The van der Waals surface area contributed by atoms with Crippen LogP contribution in [0.3, 0.4) is 0 Å². The molecular formula is C43H39N3OS. The molecule has 0 saturated heterocycles. The lowest BCUT2D eigenvalue weighted by molar-refractivity contribution is 0.352. The third-order valence-electron chi connectivity index (χ3n) is 7.65. The summed E-state index contributed by atoms with van der Waals surface area (Å²) in [4.78, 5) is 10.7. The Hall–Kier alpha value is -5.26. The molecule has 6 rings (SSSR count). The lowest BCUT2D eigenvalue weighted by Gasteiger charge is -2.14. The Balaban J connectivity index is 1.64. The van der Waals surface area contributed by atoms with Crippen LogP contribution >= 0.6 is 11.8 Å². The lowest BCUT2D eigenvalue weighted by atomic mass is 9.97. The summed E-state index contributed by atoms with van der Waals surface area (Å²) in [5, 5.41) is 9.61. The van der Waals surface area contributed by atoms with Crippen molar-refractivity contribution in [3.8, 4) is 5.75 Å². The summed E-state index contributed by atoms with van der Waals surface area (Å²) >= 11 is 1.69. The molecule has 5 heteroatoms. The Morgan fingerprint density at radius 2 is 1.77 bits per heavy atom. The Morgan fingerprint density at radius 3 is 2.60 bits per heavy atom. The van der Waals surface area contributed by atoms with Gasteiger partial charge in [-0.1, -0.05) is 121 Å². The number of ether oxygens (including phenoxy) is 1. The van der Waals surface area contributed by atoms with Gasteiger partial charge in [-0.05, 0) is 77.4 Å². The first kappa shape index (κ1) is 23.1. The van der Waals surface area contributed by atoms with Gasteiger partial charge in [-0.3, -0.25) is 5.41 Å². The number of thioether (sulfide) groups is 1. The summed E-state index contributed by atoms with van der Waals surface area (Å²) in [6.07, 6.45) is 5.51. The number of hydrogen-bond acceptors (Lipinski definition) is 3. The quantitative estimate of drug-likeness (QED) is 0.172. The number of nitrogens with zero attached hydrogens (tertiary/aromatic N) is 2. The summed E-state index contributed by atoms with van der Waals surface area (Å²) in [5.74, 6) is 0.159. The first-order chi connectivity index (χ1) is 27.5. The standard InChI is InChI=1S/C43H39N3OS/c1-3-14-37-30-47-40-21-12-10-19-34(40)23-24-39(31(37)2)43(45-29-32-15-6-4-7-16-32)46-42(44)38-27-35(33-17-8-5-9-18-33)25-26-48-41-22-13-11-20-36(41)28-38/h3-22,24-25,27,29,44H,23,26,28,30H2,1-2H3/b14-3-,35-25+,37-31-,38-27+,39-24+,44-42?,45-29?,46-43?/i1D,2D,3D,10D,12D,14D,19D,21D,24D. The smallest absolute Gasteiger partial charge is 0.161 e. The van der Waals surface area contributed by atoms with Crippen molar-refractivity contribution in [2.75, 3.05) is 12.4 Å². The van der Waals surface area contributed by atoms with E-state index in [2.05, 4.69) is 6.08 Å². The fraction of sp³-hybridized carbons (Fsp3) is 0.140. The number of para-hydroxylation sites is 1. The maximum absolute atomic E-state index is 9.61. The number of hydrogen-bond donors (Lipinski definition) is 1. The van der Waals surface area contributed by atoms with Crippen molar-refractivity contribution in [3.05, 3.63) is 184 Å². The summed E-state index contributed by atoms with van der Waals surface area (Å²) in [7, 11) is 0. The fourth-order valence-corrected chi connectivity index (χ4v) is 6.12. The SMILES string of the molecule is [2H]C\C([2H])=C([2H])/C1=C(C[2H])/C(C(N=Cc2ccccc2)=NC(=N)/C2=C/C(c3ccccc3)=C\CSc3ccccc3C2)=C(/[2H])Cc2c([2H])c([2H])c([2H])c([2H])c2OC1. The molecule has 2 heterocycles. The molecule has 0 spiro atoms. The van der Waals surface area contributed by atoms with E-state index < -0.39 is 50.6 Å². The Kier molecular flexibility index (Phi) is 7.72. The van der Waals surface area contributed by atoms with Crippen LogP contribution in [0.2, 0.25) is 0 Å². The van der Waals surface area contributed by atoms with Gasteiger partial charge < -0.3 is 4.74 Å². The van der Waals surface area contributed by atoms with Crippen LogP contribution in [-0.2, 0) is 12.8 Å². The first-order valence-electron chi connectivity index (χ1n) is 20.3. The normalized spacial score (nSPS) is 24.2. The number of aliphatic imine (C=N–C) groups is 2. The third kappa shape index (κ3) is 8.17. The van der Waals surface area contributed by atoms with Crippen LogP contribution in [0.15, 0.2) is 177 Å². The molecule has 48 heavy (non-hydrogen) atoms. The molecule has 0 aromatic heterocycles. The van der Waals surface area contributed by atoms with Crippen molar-refractivity contribution in [2.24, 2.45) is 9.98 Å². The molecule has 2 aliphatic rings. The average molecular weight is 655 g/mol. The molecule has 0 atom stereocenters. The summed E-state index contributed by atoms with van der Waals surface area (Å²) in [6, 6.07) is 24.0. The Morgan fingerprint density at radius 1 is 0.979 bits per heavy atom. The highest BCUT2D eigenvalue weighted by Crippen LogP contribution is 2.31. The number of amidine groups is 2. The molecule has 1 N–H and O–H groups in total. The van der Waals surface area contributed by atoms with Crippen molar-refractivity contribution in [3.63, 3.8) is 0 Å². The molecule has 0 radical (unpaired) electrons. The van der Waals surface area contributed by atoms with E-state index in [-0.39, 0.29) is 58.2 Å². The van der Waals surface area contributed by atoms with Crippen LogP contribution in [0.5, 0.6) is 5.75 Å². The van der Waals surface area contributed by atoms with Crippen LogP contribution in [0, 0.1) is 5.41 Å². The van der Waals surface area contributed by atoms with Crippen LogP contribution < -0.4 is 4.74 Å². The van der Waals surface area contributed by atoms with Crippen LogP contribution in [-0.4, -0.2) is 30.2 Å². The summed E-state index contributed by atoms with van der Waals surface area (Å²) < 4.78 is 83.7. The van der Waals surface area contributed by atoms with Gasteiger partial charge in [0, 0.05) is 37.2 Å².